The van der Waals surface area contributed by atoms with Crippen molar-refractivity contribution in [2.45, 2.75) is 90.1 Å². The highest BCUT2D eigenvalue weighted by Gasteiger charge is 2.30. The fourth-order valence-electron chi connectivity index (χ4n) is 9.02. The second-order valence-electron chi connectivity index (χ2n) is 15.5. The van der Waals surface area contributed by atoms with E-state index in [4.69, 9.17) is 15.7 Å². The van der Waals surface area contributed by atoms with E-state index >= 15 is 0 Å². The van der Waals surface area contributed by atoms with Crippen molar-refractivity contribution in [1.29, 1.82) is 0 Å². The van der Waals surface area contributed by atoms with Crippen molar-refractivity contribution in [2.24, 2.45) is 11.8 Å². The van der Waals surface area contributed by atoms with E-state index in [9.17, 15) is 9.59 Å². The minimum atomic E-state index is 0.0132. The van der Waals surface area contributed by atoms with Crippen molar-refractivity contribution in [3.05, 3.63) is 141 Å². The van der Waals surface area contributed by atoms with Crippen molar-refractivity contribution in [3.63, 3.8) is 0 Å². The van der Waals surface area contributed by atoms with Crippen molar-refractivity contribution < 1.29 is 0 Å². The van der Waals surface area contributed by atoms with Crippen LogP contribution in [0, 0.1) is 25.7 Å². The van der Waals surface area contributed by atoms with Crippen LogP contribution in [0.3, 0.4) is 0 Å². The molecule has 8 nitrogen and oxygen atoms in total. The van der Waals surface area contributed by atoms with Gasteiger partial charge in [-0.25, -0.2) is 9.97 Å². The van der Waals surface area contributed by atoms with E-state index in [0.29, 0.717) is 33.8 Å². The zero-order valence-corrected chi connectivity index (χ0v) is 32.2. The lowest BCUT2D eigenvalue weighted by atomic mass is 9.81. The Morgan fingerprint density at radius 3 is 1.46 bits per heavy atom. The van der Waals surface area contributed by atoms with E-state index in [1.165, 1.54) is 62.5 Å². The standard InChI is InChI=1S/C24H29N3O.C22H25N3O/c1-17-25-22-15-14-20(26(2)3)16-21(22)24(28)27(17)23(18-10-6-4-7-11-18)19-12-8-5-9-13-19;1-15-24-20-13-12-18(23)14-19(20)22(26)25(15)21(16-8-4-2-5-9-16)17-10-6-3-7-11-17/h4,6-7,10-11,14-16,19,23H,5,8-9,12-13H2,1-3H3;2,4-5,8-9,12-14,17,21H,3,6-7,10-11,23H2,1H3. The van der Waals surface area contributed by atoms with Gasteiger partial charge in [-0.1, -0.05) is 99.2 Å². The molecule has 0 saturated heterocycles. The number of hydrogen-bond donors (Lipinski definition) is 1. The lowest BCUT2D eigenvalue weighted by Gasteiger charge is -2.33. The Balaban J connectivity index is 0.000000167. The summed E-state index contributed by atoms with van der Waals surface area (Å²) < 4.78 is 3.88. The van der Waals surface area contributed by atoms with Crippen molar-refractivity contribution in [1.82, 2.24) is 19.1 Å². The van der Waals surface area contributed by atoms with E-state index in [1.54, 1.807) is 12.1 Å². The summed E-state index contributed by atoms with van der Waals surface area (Å²) in [4.78, 5) is 38.7. The summed E-state index contributed by atoms with van der Waals surface area (Å²) in [5.41, 5.74) is 11.5. The number of nitrogens with two attached hydrogens (primary N) is 1. The van der Waals surface area contributed by atoms with E-state index < -0.39 is 0 Å². The quantitative estimate of drug-likeness (QED) is 0.165. The molecule has 0 aliphatic heterocycles. The van der Waals surface area contributed by atoms with Gasteiger partial charge in [0, 0.05) is 25.5 Å². The van der Waals surface area contributed by atoms with Crippen molar-refractivity contribution in [3.8, 4) is 0 Å². The molecule has 6 aromatic rings. The minimum absolute atomic E-state index is 0.0132. The molecule has 0 bridgehead atoms. The van der Waals surface area contributed by atoms with Gasteiger partial charge in [0.05, 0.1) is 33.9 Å². The zero-order chi connectivity index (χ0) is 37.8. The zero-order valence-electron chi connectivity index (χ0n) is 32.2. The smallest absolute Gasteiger partial charge is 0.262 e. The number of rotatable bonds is 7. The fraction of sp³-hybridized carbons (Fsp3) is 0.391. The van der Waals surface area contributed by atoms with E-state index in [0.717, 1.165) is 35.7 Å². The molecule has 2 N–H and O–H groups in total. The minimum Gasteiger partial charge on any atom is -0.399 e. The number of aromatic nitrogens is 4. The Morgan fingerprint density at radius 1 is 0.593 bits per heavy atom. The molecule has 2 fully saturated rings. The summed E-state index contributed by atoms with van der Waals surface area (Å²) >= 11 is 0. The summed E-state index contributed by atoms with van der Waals surface area (Å²) in [5, 5.41) is 1.31. The first-order valence-electron chi connectivity index (χ1n) is 19.8. The predicted octanol–water partition coefficient (Wildman–Crippen LogP) is 9.40. The normalized spacial score (nSPS) is 16.4. The third kappa shape index (κ3) is 7.70. The van der Waals surface area contributed by atoms with Crippen LogP contribution in [0.25, 0.3) is 21.8 Å². The van der Waals surface area contributed by atoms with Crippen LogP contribution in [0.4, 0.5) is 11.4 Å². The Morgan fingerprint density at radius 2 is 1.02 bits per heavy atom. The number of fused-ring (bicyclic) bond motifs is 2. The molecule has 0 amide bonds. The monoisotopic (exact) mass is 722 g/mol. The van der Waals surface area contributed by atoms with Gasteiger partial charge in [0.15, 0.2) is 0 Å². The lowest BCUT2D eigenvalue weighted by Crippen LogP contribution is -2.34. The third-order valence-corrected chi connectivity index (χ3v) is 11.7. The van der Waals surface area contributed by atoms with Gasteiger partial charge in [0.25, 0.3) is 11.1 Å². The van der Waals surface area contributed by atoms with Crippen LogP contribution in [0.1, 0.15) is 99.1 Å². The molecule has 0 spiro atoms. The molecule has 54 heavy (non-hydrogen) atoms. The van der Waals surface area contributed by atoms with Crippen LogP contribution >= 0.6 is 0 Å². The maximum absolute atomic E-state index is 13.7. The number of aryl methyl sites for hydroxylation is 2. The first kappa shape index (κ1) is 37.1. The summed E-state index contributed by atoms with van der Waals surface area (Å²) in [7, 11) is 3.99. The first-order chi connectivity index (χ1) is 26.2. The van der Waals surface area contributed by atoms with Gasteiger partial charge in [0.1, 0.15) is 11.6 Å². The van der Waals surface area contributed by atoms with Crippen LogP contribution in [0.5, 0.6) is 0 Å². The van der Waals surface area contributed by atoms with Gasteiger partial charge in [0.2, 0.25) is 0 Å². The maximum Gasteiger partial charge on any atom is 0.262 e. The maximum atomic E-state index is 13.7. The number of nitrogens with zero attached hydrogens (tertiary/aromatic N) is 5. The molecule has 2 atom stereocenters. The number of benzene rings is 4. The van der Waals surface area contributed by atoms with Crippen LogP contribution in [0.2, 0.25) is 0 Å². The fourth-order valence-corrected chi connectivity index (χ4v) is 9.02. The number of nitrogen functional groups attached to an aromatic ring is 1. The summed E-state index contributed by atoms with van der Waals surface area (Å²) in [6.07, 6.45) is 12.2. The van der Waals surface area contributed by atoms with Gasteiger partial charge >= 0.3 is 0 Å². The second kappa shape index (κ2) is 16.4. The average molecular weight is 723 g/mol. The van der Waals surface area contributed by atoms with Gasteiger partial charge in [-0.2, -0.15) is 0 Å². The molecule has 2 aromatic heterocycles. The SMILES string of the molecule is Cc1nc2ccc(N(C)C)cc2c(=O)n1C(c1ccccc1)C1CCCCC1.Cc1nc2ccc(N)cc2c(=O)n1C(c1ccccc1)C1CCCCC1. The van der Waals surface area contributed by atoms with E-state index in [-0.39, 0.29) is 23.2 Å². The molecule has 8 rings (SSSR count). The third-order valence-electron chi connectivity index (χ3n) is 11.7. The number of anilines is 2. The number of hydrogen-bond acceptors (Lipinski definition) is 6. The lowest BCUT2D eigenvalue weighted by molar-refractivity contribution is 0.272. The Bertz CT molecular complexity index is 2320. The highest BCUT2D eigenvalue weighted by molar-refractivity contribution is 5.82. The molecule has 8 heteroatoms. The predicted molar refractivity (Wildman–Crippen MR) is 223 cm³/mol. The Hall–Kier alpha value is -5.24. The summed E-state index contributed by atoms with van der Waals surface area (Å²) in [6, 6.07) is 32.3. The van der Waals surface area contributed by atoms with Crippen LogP contribution < -0.4 is 21.8 Å². The molecule has 4 aromatic carbocycles. The van der Waals surface area contributed by atoms with Crippen molar-refractivity contribution >= 4 is 33.2 Å². The molecule has 0 radical (unpaired) electrons. The molecular formula is C46H54N6O2. The highest BCUT2D eigenvalue weighted by Crippen LogP contribution is 2.38. The van der Waals surface area contributed by atoms with Gasteiger partial charge < -0.3 is 10.6 Å². The van der Waals surface area contributed by atoms with Crippen LogP contribution in [-0.2, 0) is 0 Å². The molecule has 2 unspecified atom stereocenters. The molecule has 2 aliphatic rings. The van der Waals surface area contributed by atoms with Crippen LogP contribution in [-0.4, -0.2) is 33.2 Å². The van der Waals surface area contributed by atoms with Gasteiger partial charge in [-0.05, 0) is 98.9 Å². The molecule has 2 heterocycles. The summed E-state index contributed by atoms with van der Waals surface area (Å²) in [5.74, 6) is 2.51. The van der Waals surface area contributed by atoms with E-state index in [2.05, 4.69) is 48.5 Å². The largest absolute Gasteiger partial charge is 0.399 e. The Kier molecular flexibility index (Phi) is 11.3. The van der Waals surface area contributed by atoms with E-state index in [1.807, 2.05) is 78.4 Å². The molecular weight excluding hydrogens is 669 g/mol. The average Bonchev–Trinajstić information content (AvgIpc) is 3.20. The molecule has 2 saturated carbocycles. The Labute approximate surface area is 318 Å². The van der Waals surface area contributed by atoms with Crippen LogP contribution in [0.15, 0.2) is 107 Å². The second-order valence-corrected chi connectivity index (χ2v) is 15.5. The van der Waals surface area contributed by atoms with Gasteiger partial charge in [-0.3, -0.25) is 18.7 Å². The topological polar surface area (TPSA) is 99.0 Å². The highest BCUT2D eigenvalue weighted by atomic mass is 16.1. The first-order valence-corrected chi connectivity index (χ1v) is 19.8. The van der Waals surface area contributed by atoms with Gasteiger partial charge in [-0.15, -0.1) is 0 Å². The van der Waals surface area contributed by atoms with Crippen molar-refractivity contribution in [2.75, 3.05) is 24.7 Å². The summed E-state index contributed by atoms with van der Waals surface area (Å²) in [6.45, 7) is 3.91. The molecule has 2 aliphatic carbocycles. The molecule has 280 valence electrons.